The van der Waals surface area contributed by atoms with Crippen LogP contribution in [0.15, 0.2) is 24.3 Å². The molecule has 3 nitrogen and oxygen atoms in total. The summed E-state index contributed by atoms with van der Waals surface area (Å²) >= 11 is 0. The summed E-state index contributed by atoms with van der Waals surface area (Å²) in [7, 11) is 2.18. The summed E-state index contributed by atoms with van der Waals surface area (Å²) in [5, 5.41) is 3.20. The van der Waals surface area contributed by atoms with E-state index in [1.165, 1.54) is 31.4 Å². The number of carbonyl (C=O) groups is 1. The van der Waals surface area contributed by atoms with Gasteiger partial charge >= 0.3 is 0 Å². The number of nitrogens with one attached hydrogen (secondary N) is 1. The third-order valence-corrected chi connectivity index (χ3v) is 5.29. The molecule has 21 heavy (non-hydrogen) atoms. The molecule has 1 N–H and O–H groups in total. The zero-order chi connectivity index (χ0) is 14.9. The van der Waals surface area contributed by atoms with Gasteiger partial charge in [0.15, 0.2) is 0 Å². The smallest absolute Gasteiger partial charge is 0.251 e. The van der Waals surface area contributed by atoms with Crippen LogP contribution >= 0.6 is 0 Å². The van der Waals surface area contributed by atoms with Crippen molar-refractivity contribution in [3.8, 4) is 0 Å². The molecular weight excluding hydrogens is 267 g/mol. The Morgan fingerprint density at radius 3 is 2.57 bits per heavy atom. The van der Waals surface area contributed by atoms with Crippen molar-refractivity contribution in [1.29, 1.82) is 0 Å². The van der Waals surface area contributed by atoms with E-state index < -0.39 is 0 Å². The molecule has 1 aliphatic carbocycles. The van der Waals surface area contributed by atoms with Gasteiger partial charge in [-0.2, -0.15) is 0 Å². The fourth-order valence-electron chi connectivity index (χ4n) is 4.02. The summed E-state index contributed by atoms with van der Waals surface area (Å²) in [5.41, 5.74) is 0.672. The molecule has 1 saturated carbocycles. The van der Waals surface area contributed by atoms with E-state index in [2.05, 4.69) is 17.3 Å². The van der Waals surface area contributed by atoms with E-state index in [4.69, 9.17) is 0 Å². The van der Waals surface area contributed by atoms with Gasteiger partial charge in [0.05, 0.1) is 0 Å². The van der Waals surface area contributed by atoms with Gasteiger partial charge in [0.2, 0.25) is 0 Å². The molecule has 3 rings (SSSR count). The molecule has 1 atom stereocenters. The van der Waals surface area contributed by atoms with E-state index in [9.17, 15) is 9.18 Å². The maximum Gasteiger partial charge on any atom is 0.251 e. The lowest BCUT2D eigenvalue weighted by atomic mass is 9.77. The third kappa shape index (κ3) is 2.69. The number of carbonyl (C=O) groups excluding carboxylic acids is 1. The molecule has 0 aromatic heterocycles. The van der Waals surface area contributed by atoms with Crippen molar-refractivity contribution in [1.82, 2.24) is 10.2 Å². The van der Waals surface area contributed by atoms with Gasteiger partial charge in [-0.15, -0.1) is 0 Å². The van der Waals surface area contributed by atoms with Gasteiger partial charge in [-0.25, -0.2) is 4.39 Å². The first-order valence-corrected chi connectivity index (χ1v) is 7.89. The molecule has 1 saturated heterocycles. The van der Waals surface area contributed by atoms with Gasteiger partial charge in [-0.3, -0.25) is 9.69 Å². The number of likely N-dealkylation sites (N-methyl/N-ethyl adjacent to an activating group) is 1. The lowest BCUT2D eigenvalue weighted by Crippen LogP contribution is -2.56. The Kier molecular flexibility index (Phi) is 3.98. The fraction of sp³-hybridized carbons (Fsp3) is 0.588. The first kappa shape index (κ1) is 14.5. The molecule has 1 aliphatic heterocycles. The molecular formula is C17H23FN2O. The molecule has 114 valence electrons. The molecule has 2 aliphatic rings. The maximum atomic E-state index is 13.0. The number of rotatable bonds is 2. The number of amides is 1. The van der Waals surface area contributed by atoms with Crippen molar-refractivity contribution in [2.45, 2.75) is 50.1 Å². The second-order valence-electron chi connectivity index (χ2n) is 6.41. The minimum atomic E-state index is -0.309. The normalized spacial score (nSPS) is 25.1. The molecule has 1 aromatic rings. The van der Waals surface area contributed by atoms with Gasteiger partial charge in [0.1, 0.15) is 5.82 Å². The number of hydrogen-bond donors (Lipinski definition) is 1. The monoisotopic (exact) mass is 290 g/mol. The molecule has 1 heterocycles. The summed E-state index contributed by atoms with van der Waals surface area (Å²) in [6.07, 6.45) is 7.12. The van der Waals surface area contributed by atoms with Crippen LogP contribution in [0.4, 0.5) is 4.39 Å². The predicted octanol–water partition coefficient (Wildman–Crippen LogP) is 2.96. The van der Waals surface area contributed by atoms with Gasteiger partial charge in [-0.1, -0.05) is 19.3 Å². The van der Waals surface area contributed by atoms with E-state index >= 15 is 0 Å². The number of hydrogen-bond acceptors (Lipinski definition) is 2. The summed E-state index contributed by atoms with van der Waals surface area (Å²) in [6, 6.07) is 5.99. The van der Waals surface area contributed by atoms with Crippen molar-refractivity contribution in [2.24, 2.45) is 0 Å². The number of benzene rings is 1. The molecule has 4 heteroatoms. The Morgan fingerprint density at radius 1 is 1.24 bits per heavy atom. The van der Waals surface area contributed by atoms with Crippen molar-refractivity contribution in [3.63, 3.8) is 0 Å². The minimum absolute atomic E-state index is 0.0831. The Bertz CT molecular complexity index is 508. The second-order valence-corrected chi connectivity index (χ2v) is 6.41. The molecule has 2 fully saturated rings. The highest BCUT2D eigenvalue weighted by molar-refractivity contribution is 5.94. The van der Waals surface area contributed by atoms with Gasteiger partial charge in [0.25, 0.3) is 5.91 Å². The second kappa shape index (κ2) is 5.76. The van der Waals surface area contributed by atoms with Gasteiger partial charge < -0.3 is 5.32 Å². The quantitative estimate of drug-likeness (QED) is 0.908. The van der Waals surface area contributed by atoms with Crippen LogP contribution in [0.5, 0.6) is 0 Å². The largest absolute Gasteiger partial charge is 0.347 e. The van der Waals surface area contributed by atoms with E-state index in [1.807, 2.05) is 0 Å². The molecule has 1 aromatic carbocycles. The average Bonchev–Trinajstić information content (AvgIpc) is 2.78. The third-order valence-electron chi connectivity index (χ3n) is 5.29. The zero-order valence-corrected chi connectivity index (χ0v) is 12.6. The lowest BCUT2D eigenvalue weighted by molar-refractivity contribution is 0.0764. The molecule has 0 bridgehead atoms. The van der Waals surface area contributed by atoms with Crippen molar-refractivity contribution < 1.29 is 9.18 Å². The lowest BCUT2D eigenvalue weighted by Gasteiger charge is -2.44. The number of likely N-dealkylation sites (tertiary alicyclic amines) is 1. The summed E-state index contributed by atoms with van der Waals surface area (Å²) in [5.74, 6) is -0.392. The van der Waals surface area contributed by atoms with Crippen LogP contribution in [0.2, 0.25) is 0 Å². The Morgan fingerprint density at radius 2 is 1.90 bits per heavy atom. The van der Waals surface area contributed by atoms with Crippen LogP contribution in [0.1, 0.15) is 48.9 Å². The van der Waals surface area contributed by atoms with Crippen LogP contribution in [-0.2, 0) is 0 Å². The minimum Gasteiger partial charge on any atom is -0.347 e. The van der Waals surface area contributed by atoms with E-state index in [-0.39, 0.29) is 23.3 Å². The van der Waals surface area contributed by atoms with Crippen LogP contribution in [0.3, 0.4) is 0 Å². The Hall–Kier alpha value is -1.42. The Balaban J connectivity index is 1.74. The summed E-state index contributed by atoms with van der Waals surface area (Å²) in [4.78, 5) is 14.8. The maximum absolute atomic E-state index is 13.0. The zero-order valence-electron chi connectivity index (χ0n) is 12.6. The van der Waals surface area contributed by atoms with E-state index in [0.29, 0.717) is 5.56 Å². The highest BCUT2D eigenvalue weighted by Crippen LogP contribution is 2.40. The predicted molar refractivity (Wildman–Crippen MR) is 80.7 cm³/mol. The molecule has 1 amide bonds. The summed E-state index contributed by atoms with van der Waals surface area (Å²) in [6.45, 7) is 1.04. The van der Waals surface area contributed by atoms with Crippen LogP contribution in [0.25, 0.3) is 0 Å². The van der Waals surface area contributed by atoms with Crippen molar-refractivity contribution in [3.05, 3.63) is 35.6 Å². The number of halogens is 1. The molecule has 1 spiro atoms. The van der Waals surface area contributed by atoms with Crippen LogP contribution in [-0.4, -0.2) is 36.0 Å². The van der Waals surface area contributed by atoms with E-state index in [0.717, 1.165) is 25.8 Å². The van der Waals surface area contributed by atoms with Crippen LogP contribution in [0, 0.1) is 5.82 Å². The fourth-order valence-corrected chi connectivity index (χ4v) is 4.02. The average molecular weight is 290 g/mol. The van der Waals surface area contributed by atoms with Gasteiger partial charge in [0, 0.05) is 23.7 Å². The molecule has 1 unspecified atom stereocenters. The summed E-state index contributed by atoms with van der Waals surface area (Å²) < 4.78 is 13.0. The van der Waals surface area contributed by atoms with Crippen LogP contribution < -0.4 is 5.32 Å². The first-order chi connectivity index (χ1) is 10.1. The van der Waals surface area contributed by atoms with Crippen molar-refractivity contribution in [2.75, 3.05) is 13.6 Å². The first-order valence-electron chi connectivity index (χ1n) is 7.89. The van der Waals surface area contributed by atoms with Gasteiger partial charge in [-0.05, 0) is 50.6 Å². The highest BCUT2D eigenvalue weighted by Gasteiger charge is 2.47. The van der Waals surface area contributed by atoms with E-state index in [1.54, 1.807) is 12.1 Å². The molecule has 0 radical (unpaired) electrons. The Labute approximate surface area is 125 Å². The SMILES string of the molecule is CN1CCC(NC(=O)c2ccc(F)cc2)C12CCCCC2. The number of nitrogens with zero attached hydrogens (tertiary/aromatic N) is 1. The highest BCUT2D eigenvalue weighted by atomic mass is 19.1. The standard InChI is InChI=1S/C17H23FN2O/c1-20-12-9-15(17(20)10-3-2-4-11-17)19-16(21)13-5-7-14(18)8-6-13/h5-8,15H,2-4,9-12H2,1H3,(H,19,21). The topological polar surface area (TPSA) is 32.3 Å². The van der Waals surface area contributed by atoms with Crippen molar-refractivity contribution >= 4 is 5.91 Å².